The average Bonchev–Trinajstić information content (AvgIpc) is 3.54. The third kappa shape index (κ3) is 4.79. The molecule has 7 nitrogen and oxygen atoms in total. The van der Waals surface area contributed by atoms with E-state index in [2.05, 4.69) is 39.5 Å². The summed E-state index contributed by atoms with van der Waals surface area (Å²) in [4.78, 5) is 10.9. The van der Waals surface area contributed by atoms with Crippen molar-refractivity contribution in [3.63, 3.8) is 0 Å². The summed E-state index contributed by atoms with van der Waals surface area (Å²) in [6, 6.07) is 8.89. The van der Waals surface area contributed by atoms with Crippen LogP contribution in [-0.4, -0.2) is 46.3 Å². The predicted molar refractivity (Wildman–Crippen MR) is 136 cm³/mol. The van der Waals surface area contributed by atoms with Gasteiger partial charge in [0.2, 0.25) is 0 Å². The highest BCUT2D eigenvalue weighted by Gasteiger charge is 2.46. The molecule has 0 bridgehead atoms. The summed E-state index contributed by atoms with van der Waals surface area (Å²) in [6.45, 7) is 6.80. The molecule has 1 fully saturated rings. The number of benzene rings is 1. The zero-order valence-corrected chi connectivity index (χ0v) is 21.6. The molecule has 0 saturated carbocycles. The Labute approximate surface area is 211 Å². The van der Waals surface area contributed by atoms with E-state index in [-0.39, 0.29) is 11.2 Å². The van der Waals surface area contributed by atoms with E-state index in [1.807, 2.05) is 18.4 Å². The Morgan fingerprint density at radius 3 is 2.91 bits per heavy atom. The van der Waals surface area contributed by atoms with Gasteiger partial charge in [-0.25, -0.2) is 14.4 Å². The lowest BCUT2D eigenvalue weighted by Gasteiger charge is -2.44. The van der Waals surface area contributed by atoms with Crippen LogP contribution < -0.4 is 10.1 Å². The molecule has 184 valence electrons. The van der Waals surface area contributed by atoms with E-state index in [0.717, 1.165) is 46.9 Å². The van der Waals surface area contributed by atoms with E-state index in [9.17, 15) is 4.39 Å². The van der Waals surface area contributed by atoms with Crippen molar-refractivity contribution in [2.45, 2.75) is 37.0 Å². The molecule has 2 unspecified atom stereocenters. The van der Waals surface area contributed by atoms with Crippen LogP contribution in [0.3, 0.4) is 0 Å². The van der Waals surface area contributed by atoms with Gasteiger partial charge < -0.3 is 14.6 Å². The lowest BCUT2D eigenvalue weighted by Crippen LogP contribution is -2.50. The summed E-state index contributed by atoms with van der Waals surface area (Å²) in [6.07, 6.45) is 5.38. The number of thioether (sulfide) groups is 1. The lowest BCUT2D eigenvalue weighted by atomic mass is 9.63. The Balaban J connectivity index is 1.34. The van der Waals surface area contributed by atoms with Gasteiger partial charge in [-0.3, -0.25) is 0 Å². The molecule has 1 aliphatic heterocycles. The van der Waals surface area contributed by atoms with Gasteiger partial charge in [0, 0.05) is 21.1 Å². The van der Waals surface area contributed by atoms with Crippen molar-refractivity contribution in [1.29, 1.82) is 0 Å². The quantitative estimate of drug-likeness (QED) is 0.306. The maximum Gasteiger partial charge on any atom is 0.275 e. The Hall–Kier alpha value is -2.56. The molecule has 1 aliphatic rings. The van der Waals surface area contributed by atoms with E-state index < -0.39 is 0 Å². The van der Waals surface area contributed by atoms with Crippen molar-refractivity contribution < 1.29 is 13.7 Å². The van der Waals surface area contributed by atoms with E-state index in [4.69, 9.17) is 9.26 Å². The van der Waals surface area contributed by atoms with Crippen LogP contribution in [0.5, 0.6) is 5.19 Å². The smallest absolute Gasteiger partial charge is 0.275 e. The van der Waals surface area contributed by atoms with Crippen molar-refractivity contribution in [2.24, 2.45) is 11.8 Å². The maximum atomic E-state index is 14.6. The van der Waals surface area contributed by atoms with Gasteiger partial charge in [-0.1, -0.05) is 25.2 Å². The van der Waals surface area contributed by atoms with Crippen LogP contribution in [0.4, 0.5) is 4.39 Å². The Bertz CT molecular complexity index is 1300. The minimum atomic E-state index is -0.279. The molecular formula is C25H28FN5O2S2. The average molecular weight is 514 g/mol. The van der Waals surface area contributed by atoms with Gasteiger partial charge in [0.05, 0.1) is 18.5 Å². The summed E-state index contributed by atoms with van der Waals surface area (Å²) in [5.41, 5.74) is 1.62. The number of ether oxygens (including phenoxy) is 1. The van der Waals surface area contributed by atoms with Gasteiger partial charge >= 0.3 is 0 Å². The van der Waals surface area contributed by atoms with Gasteiger partial charge in [-0.15, -0.1) is 16.9 Å². The van der Waals surface area contributed by atoms with Crippen LogP contribution in [-0.2, 0) is 5.41 Å². The molecule has 1 saturated heterocycles. The normalized spacial score (nSPS) is 20.5. The Kier molecular flexibility index (Phi) is 7.04. The zero-order valence-electron chi connectivity index (χ0n) is 20.0. The molecule has 1 N–H and O–H groups in total. The second-order valence-electron chi connectivity index (χ2n) is 9.19. The van der Waals surface area contributed by atoms with Gasteiger partial charge in [0.25, 0.3) is 5.19 Å². The Morgan fingerprint density at radius 2 is 2.17 bits per heavy atom. The van der Waals surface area contributed by atoms with Crippen LogP contribution in [0.1, 0.15) is 32.4 Å². The first-order valence-electron chi connectivity index (χ1n) is 11.7. The number of piperidine rings is 1. The van der Waals surface area contributed by atoms with Crippen LogP contribution >= 0.6 is 23.1 Å². The van der Waals surface area contributed by atoms with Crippen molar-refractivity contribution in [1.82, 2.24) is 25.7 Å². The number of nitrogens with one attached hydrogen (secondary N) is 1. The van der Waals surface area contributed by atoms with Crippen LogP contribution in [0.25, 0.3) is 21.6 Å². The summed E-state index contributed by atoms with van der Waals surface area (Å²) < 4.78 is 26.3. The highest BCUT2D eigenvalue weighted by Crippen LogP contribution is 2.44. The maximum absolute atomic E-state index is 14.6. The van der Waals surface area contributed by atoms with Crippen molar-refractivity contribution in [3.05, 3.63) is 48.1 Å². The molecule has 5 rings (SSSR count). The van der Waals surface area contributed by atoms with E-state index in [1.165, 1.54) is 29.2 Å². The number of hydrogen-bond donors (Lipinski definition) is 1. The third-order valence-electron chi connectivity index (χ3n) is 6.94. The molecule has 0 radical (unpaired) electrons. The van der Waals surface area contributed by atoms with Crippen LogP contribution in [0.2, 0.25) is 0 Å². The highest BCUT2D eigenvalue weighted by molar-refractivity contribution is 7.98. The second-order valence-corrected chi connectivity index (χ2v) is 11.0. The number of fused-ring (bicyclic) bond motifs is 1. The highest BCUT2D eigenvalue weighted by atomic mass is 32.2. The first-order valence-corrected chi connectivity index (χ1v) is 13.8. The van der Waals surface area contributed by atoms with Gasteiger partial charge in [-0.05, 0) is 74.4 Å². The molecule has 3 aromatic heterocycles. The summed E-state index contributed by atoms with van der Waals surface area (Å²) in [5.74, 6) is 1.38. The number of pyridine rings is 1. The number of aromatic nitrogens is 4. The number of hydrogen-bond acceptors (Lipinski definition) is 9. The minimum Gasteiger partial charge on any atom is -0.470 e. The third-order valence-corrected chi connectivity index (χ3v) is 8.54. The molecule has 0 amide bonds. The van der Waals surface area contributed by atoms with E-state index in [1.54, 1.807) is 18.3 Å². The predicted octanol–water partition coefficient (Wildman–Crippen LogP) is 5.57. The number of nitrogens with zero attached hydrogens (tertiary/aromatic N) is 4. The molecule has 4 heterocycles. The van der Waals surface area contributed by atoms with Crippen LogP contribution in [0, 0.1) is 17.7 Å². The fourth-order valence-corrected chi connectivity index (χ4v) is 6.35. The molecular weight excluding hydrogens is 485 g/mol. The fraction of sp³-hybridized carbons (Fsp3) is 0.440. The molecule has 1 aromatic carbocycles. The number of thiazole rings is 1. The first-order chi connectivity index (χ1) is 17.0. The van der Waals surface area contributed by atoms with Gasteiger partial charge in [-0.2, -0.15) is 0 Å². The standard InChI is InChI=1S/C25H28FN5O2S2/c1-15(2)18-13-27-10-8-25(18,22-14-28-31-33-22)9-11-32-24-30-21-7-6-20(29-23(21)35-24)17-5-4-16(34-3)12-19(17)26/h4-7,12,14-15,18,27H,8-11,13H2,1-3H3. The monoisotopic (exact) mass is 513 g/mol. The second kappa shape index (κ2) is 10.2. The first kappa shape index (κ1) is 24.1. The van der Waals surface area contributed by atoms with E-state index in [0.29, 0.717) is 34.9 Å². The van der Waals surface area contributed by atoms with Gasteiger partial charge in [0.15, 0.2) is 5.76 Å². The molecule has 2 atom stereocenters. The number of halogens is 1. The summed E-state index contributed by atoms with van der Waals surface area (Å²) in [7, 11) is 0. The fourth-order valence-electron chi connectivity index (χ4n) is 5.11. The molecule has 10 heteroatoms. The zero-order chi connectivity index (χ0) is 24.4. The summed E-state index contributed by atoms with van der Waals surface area (Å²) >= 11 is 2.89. The summed E-state index contributed by atoms with van der Waals surface area (Å²) in [5, 5.41) is 11.8. The number of rotatable bonds is 8. The lowest BCUT2D eigenvalue weighted by molar-refractivity contribution is 0.0902. The van der Waals surface area contributed by atoms with Crippen molar-refractivity contribution in [3.8, 4) is 16.5 Å². The van der Waals surface area contributed by atoms with Crippen molar-refractivity contribution in [2.75, 3.05) is 26.0 Å². The molecule has 0 spiro atoms. The van der Waals surface area contributed by atoms with Gasteiger partial charge in [0.1, 0.15) is 16.2 Å². The topological polar surface area (TPSA) is 86.0 Å². The molecule has 4 aromatic rings. The molecule has 0 aliphatic carbocycles. The largest absolute Gasteiger partial charge is 0.470 e. The molecule has 35 heavy (non-hydrogen) atoms. The Morgan fingerprint density at radius 1 is 1.29 bits per heavy atom. The van der Waals surface area contributed by atoms with E-state index >= 15 is 0 Å². The van der Waals surface area contributed by atoms with Crippen LogP contribution in [0.15, 0.2) is 45.9 Å². The minimum absolute atomic E-state index is 0.189. The van der Waals surface area contributed by atoms with Crippen molar-refractivity contribution >= 4 is 33.4 Å². The SMILES string of the molecule is CSc1ccc(-c2ccc3nc(OCCC4(c5cnno5)CCNCC4C(C)C)sc3n2)c(F)c1.